The normalized spacial score (nSPS) is 16.9. The first-order valence-electron chi connectivity index (χ1n) is 3.74. The van der Waals surface area contributed by atoms with Crippen LogP contribution in [0, 0.1) is 0 Å². The van der Waals surface area contributed by atoms with E-state index in [-0.39, 0.29) is 19.2 Å². The Balaban J connectivity index is 4.05. The molecule has 0 bridgehead atoms. The van der Waals surface area contributed by atoms with Crippen LogP contribution >= 0.6 is 7.60 Å². The minimum absolute atomic E-state index is 0.0300. The van der Waals surface area contributed by atoms with E-state index >= 15 is 0 Å². The van der Waals surface area contributed by atoms with Crippen molar-refractivity contribution in [2.75, 3.05) is 19.8 Å². The molecule has 0 spiro atoms. The summed E-state index contributed by atoms with van der Waals surface area (Å²) in [6.07, 6.45) is 0. The maximum absolute atomic E-state index is 10.8. The summed E-state index contributed by atoms with van der Waals surface area (Å²) in [5.41, 5.74) is 0. The summed E-state index contributed by atoms with van der Waals surface area (Å²) in [7, 11) is -3.49. The molecular formula is C6H16NO4P. The summed E-state index contributed by atoms with van der Waals surface area (Å²) in [5, 5.41) is 9.88. The van der Waals surface area contributed by atoms with Gasteiger partial charge in [0.2, 0.25) is 0 Å². The number of rotatable bonds is 5. The molecule has 2 N–H and O–H groups in total. The van der Waals surface area contributed by atoms with Gasteiger partial charge in [-0.1, -0.05) is 0 Å². The van der Waals surface area contributed by atoms with Gasteiger partial charge in [-0.05, 0) is 13.8 Å². The highest BCUT2D eigenvalue weighted by atomic mass is 31.2. The van der Waals surface area contributed by atoms with Gasteiger partial charge in [0.1, 0.15) is 0 Å². The van der Waals surface area contributed by atoms with E-state index in [1.165, 1.54) is 5.06 Å². The van der Waals surface area contributed by atoms with Crippen molar-refractivity contribution in [2.24, 2.45) is 0 Å². The second kappa shape index (κ2) is 4.94. The van der Waals surface area contributed by atoms with E-state index < -0.39 is 7.60 Å². The molecule has 0 aliphatic heterocycles. The molecule has 0 aliphatic rings. The monoisotopic (exact) mass is 197 g/mol. The predicted octanol–water partition coefficient (Wildman–Crippen LogP) is 0.436. The van der Waals surface area contributed by atoms with Crippen molar-refractivity contribution in [2.45, 2.75) is 19.9 Å². The zero-order chi connectivity index (χ0) is 9.78. The first kappa shape index (κ1) is 12.1. The van der Waals surface area contributed by atoms with Crippen LogP contribution in [0.15, 0.2) is 0 Å². The standard InChI is InChI=1S/C6H16NO4P/c1-6(2)7(4-5-8)11-12(3,9)10/h6,8H,4-5H2,1-3H3,(H,9,10). The largest absolute Gasteiger partial charge is 0.395 e. The minimum Gasteiger partial charge on any atom is -0.395 e. The van der Waals surface area contributed by atoms with Gasteiger partial charge in [-0.2, -0.15) is 5.06 Å². The molecule has 0 fully saturated rings. The number of hydrogen-bond acceptors (Lipinski definition) is 4. The predicted molar refractivity (Wildman–Crippen MR) is 45.8 cm³/mol. The molecule has 0 amide bonds. The Labute approximate surface area is 72.4 Å². The molecule has 0 rings (SSSR count). The van der Waals surface area contributed by atoms with E-state index in [0.717, 1.165) is 6.66 Å². The smallest absolute Gasteiger partial charge is 0.341 e. The Morgan fingerprint density at radius 3 is 2.33 bits per heavy atom. The topological polar surface area (TPSA) is 70.0 Å². The van der Waals surface area contributed by atoms with Gasteiger partial charge in [0.25, 0.3) is 0 Å². The fourth-order valence-electron chi connectivity index (χ4n) is 0.686. The van der Waals surface area contributed by atoms with Gasteiger partial charge < -0.3 is 10.00 Å². The molecule has 0 saturated carbocycles. The molecule has 0 aromatic carbocycles. The number of hydroxylamine groups is 2. The van der Waals surface area contributed by atoms with Crippen molar-refractivity contribution < 1.29 is 19.2 Å². The SMILES string of the molecule is CC(C)N(CCO)OP(C)(=O)O. The van der Waals surface area contributed by atoms with Crippen molar-refractivity contribution in [3.8, 4) is 0 Å². The van der Waals surface area contributed by atoms with E-state index in [2.05, 4.69) is 0 Å². The highest BCUT2D eigenvalue weighted by molar-refractivity contribution is 7.51. The van der Waals surface area contributed by atoms with E-state index in [0.29, 0.717) is 0 Å². The van der Waals surface area contributed by atoms with Crippen LogP contribution in [0.4, 0.5) is 0 Å². The molecule has 1 atom stereocenters. The van der Waals surface area contributed by atoms with Crippen LogP contribution in [0.5, 0.6) is 0 Å². The van der Waals surface area contributed by atoms with Crippen LogP contribution < -0.4 is 0 Å². The lowest BCUT2D eigenvalue weighted by atomic mass is 10.4. The first-order valence-corrected chi connectivity index (χ1v) is 5.77. The molecule has 12 heavy (non-hydrogen) atoms. The quantitative estimate of drug-likeness (QED) is 0.494. The van der Waals surface area contributed by atoms with Crippen LogP contribution in [-0.2, 0) is 9.19 Å². The summed E-state index contributed by atoms with van der Waals surface area (Å²) in [5.74, 6) is 0. The van der Waals surface area contributed by atoms with E-state index in [9.17, 15) is 4.57 Å². The Bertz CT molecular complexity index is 167. The van der Waals surface area contributed by atoms with Gasteiger partial charge >= 0.3 is 7.60 Å². The number of hydrogen-bond donors (Lipinski definition) is 2. The fraction of sp³-hybridized carbons (Fsp3) is 1.00. The van der Waals surface area contributed by atoms with Gasteiger partial charge in [0.15, 0.2) is 0 Å². The molecule has 5 nitrogen and oxygen atoms in total. The molecular weight excluding hydrogens is 181 g/mol. The van der Waals surface area contributed by atoms with Crippen LogP contribution in [0.1, 0.15) is 13.8 Å². The second-order valence-electron chi connectivity index (χ2n) is 2.84. The number of aliphatic hydroxyl groups excluding tert-OH is 1. The van der Waals surface area contributed by atoms with Crippen LogP contribution in [-0.4, -0.2) is 40.9 Å². The van der Waals surface area contributed by atoms with Crippen LogP contribution in [0.2, 0.25) is 0 Å². The Hall–Kier alpha value is 0.0700. The lowest BCUT2D eigenvalue weighted by Crippen LogP contribution is -2.32. The van der Waals surface area contributed by atoms with Crippen molar-refractivity contribution in [3.05, 3.63) is 0 Å². The molecule has 0 aromatic heterocycles. The Morgan fingerprint density at radius 1 is 1.58 bits per heavy atom. The Morgan fingerprint density at radius 2 is 2.08 bits per heavy atom. The maximum Gasteiger partial charge on any atom is 0.341 e. The average molecular weight is 197 g/mol. The van der Waals surface area contributed by atoms with Gasteiger partial charge in [0, 0.05) is 19.3 Å². The van der Waals surface area contributed by atoms with Gasteiger partial charge in [-0.3, -0.25) is 4.57 Å². The molecule has 0 heterocycles. The van der Waals surface area contributed by atoms with Crippen LogP contribution in [0.25, 0.3) is 0 Å². The van der Waals surface area contributed by atoms with Gasteiger partial charge in [-0.25, -0.2) is 4.62 Å². The van der Waals surface area contributed by atoms with E-state index in [1.807, 2.05) is 13.8 Å². The van der Waals surface area contributed by atoms with Crippen molar-refractivity contribution in [1.29, 1.82) is 0 Å². The zero-order valence-corrected chi connectivity index (χ0v) is 8.49. The zero-order valence-electron chi connectivity index (χ0n) is 7.60. The molecule has 0 aromatic rings. The lowest BCUT2D eigenvalue weighted by Gasteiger charge is -2.25. The van der Waals surface area contributed by atoms with Crippen molar-refractivity contribution in [1.82, 2.24) is 5.06 Å². The average Bonchev–Trinajstić information content (AvgIpc) is 1.83. The third-order valence-corrected chi connectivity index (χ3v) is 1.67. The van der Waals surface area contributed by atoms with Gasteiger partial charge in [0.05, 0.1) is 6.61 Å². The molecule has 6 heteroatoms. The summed E-state index contributed by atoms with van der Waals surface area (Å²) in [4.78, 5) is 8.87. The maximum atomic E-state index is 10.8. The number of aliphatic hydroxyl groups is 1. The van der Waals surface area contributed by atoms with E-state index in [4.69, 9.17) is 14.6 Å². The minimum atomic E-state index is -3.49. The molecule has 1 unspecified atom stereocenters. The Kier molecular flexibility index (Phi) is 4.97. The molecule has 74 valence electrons. The fourth-order valence-corrected chi connectivity index (χ4v) is 1.35. The summed E-state index contributed by atoms with van der Waals surface area (Å²) in [6.45, 7) is 4.87. The molecule has 0 aliphatic carbocycles. The highest BCUT2D eigenvalue weighted by Gasteiger charge is 2.19. The molecule has 0 saturated heterocycles. The summed E-state index contributed by atoms with van der Waals surface area (Å²) >= 11 is 0. The first-order chi connectivity index (χ1) is 5.37. The van der Waals surface area contributed by atoms with Crippen molar-refractivity contribution >= 4 is 7.60 Å². The lowest BCUT2D eigenvalue weighted by molar-refractivity contribution is -0.0989. The number of nitrogens with zero attached hydrogens (tertiary/aromatic N) is 1. The van der Waals surface area contributed by atoms with E-state index in [1.54, 1.807) is 0 Å². The van der Waals surface area contributed by atoms with Crippen molar-refractivity contribution in [3.63, 3.8) is 0 Å². The highest BCUT2D eigenvalue weighted by Crippen LogP contribution is 2.38. The third kappa shape index (κ3) is 5.69. The second-order valence-corrected chi connectivity index (χ2v) is 4.61. The summed E-state index contributed by atoms with van der Waals surface area (Å²) in [6, 6.07) is -0.0300. The van der Waals surface area contributed by atoms with Gasteiger partial charge in [-0.15, -0.1) is 0 Å². The molecule has 0 radical (unpaired) electrons. The van der Waals surface area contributed by atoms with Crippen LogP contribution in [0.3, 0.4) is 0 Å². The summed E-state index contributed by atoms with van der Waals surface area (Å²) < 4.78 is 15.5. The third-order valence-electron chi connectivity index (χ3n) is 1.15.